The molecule has 4 nitrogen and oxygen atoms in total. The fourth-order valence-electron chi connectivity index (χ4n) is 2.01. The van der Waals surface area contributed by atoms with E-state index in [4.69, 9.17) is 5.26 Å². The highest BCUT2D eigenvalue weighted by atomic mass is 79.9. The van der Waals surface area contributed by atoms with E-state index >= 15 is 0 Å². The van der Waals surface area contributed by atoms with Crippen molar-refractivity contribution in [1.29, 1.82) is 5.26 Å². The van der Waals surface area contributed by atoms with Gasteiger partial charge >= 0.3 is 0 Å². The van der Waals surface area contributed by atoms with E-state index in [9.17, 15) is 4.39 Å². The van der Waals surface area contributed by atoms with Crippen LogP contribution in [0.2, 0.25) is 0 Å². The van der Waals surface area contributed by atoms with Gasteiger partial charge in [-0.1, -0.05) is 6.07 Å². The van der Waals surface area contributed by atoms with Gasteiger partial charge in [-0.15, -0.1) is 0 Å². The van der Waals surface area contributed by atoms with Crippen molar-refractivity contribution >= 4 is 21.6 Å². The van der Waals surface area contributed by atoms with E-state index in [1.807, 2.05) is 10.8 Å². The van der Waals surface area contributed by atoms with E-state index in [-0.39, 0.29) is 5.82 Å². The molecule has 0 aliphatic heterocycles. The van der Waals surface area contributed by atoms with Crippen molar-refractivity contribution in [2.45, 2.75) is 6.54 Å². The van der Waals surface area contributed by atoms with Gasteiger partial charge in [0.15, 0.2) is 5.65 Å². The summed E-state index contributed by atoms with van der Waals surface area (Å²) < 4.78 is 17.2. The second-order valence-corrected chi connectivity index (χ2v) is 4.97. The molecule has 0 atom stereocenters. The third kappa shape index (κ3) is 2.02. The molecule has 0 bridgehead atoms. The third-order valence-electron chi connectivity index (χ3n) is 2.89. The van der Waals surface area contributed by atoms with Gasteiger partial charge in [0.2, 0.25) is 0 Å². The monoisotopic (exact) mass is 318 g/mol. The summed E-state index contributed by atoms with van der Waals surface area (Å²) >= 11 is 3.17. The van der Waals surface area contributed by atoms with E-state index in [1.165, 1.54) is 12.3 Å². The van der Waals surface area contributed by atoms with Crippen molar-refractivity contribution in [3.8, 4) is 6.07 Å². The normalized spacial score (nSPS) is 10.8. The summed E-state index contributed by atoms with van der Waals surface area (Å²) in [6.45, 7) is 0.551. The Labute approximate surface area is 116 Å². The molecular weight excluding hydrogens is 311 g/mol. The van der Waals surface area contributed by atoms with Crippen molar-refractivity contribution < 1.29 is 4.39 Å². The molecule has 3 aromatic rings. The summed E-state index contributed by atoms with van der Waals surface area (Å²) in [5.74, 6) is -0.288. The lowest BCUT2D eigenvalue weighted by atomic mass is 10.2. The van der Waals surface area contributed by atoms with Crippen molar-refractivity contribution in [3.63, 3.8) is 0 Å². The molecular formula is C13H8BrFN4. The molecule has 0 aliphatic rings. The highest BCUT2D eigenvalue weighted by Gasteiger charge is 2.09. The molecule has 0 saturated heterocycles. The Morgan fingerprint density at radius 3 is 2.95 bits per heavy atom. The lowest BCUT2D eigenvalue weighted by Crippen LogP contribution is -1.99. The number of hydrogen-bond acceptors (Lipinski definition) is 2. The summed E-state index contributed by atoms with van der Waals surface area (Å²) in [4.78, 5) is 0. The Balaban J connectivity index is 2.03. The minimum Gasteiger partial charge on any atom is -0.326 e. The molecule has 0 spiro atoms. The summed E-state index contributed by atoms with van der Waals surface area (Å²) in [7, 11) is 0. The van der Waals surface area contributed by atoms with Crippen LogP contribution in [0.3, 0.4) is 0 Å². The van der Waals surface area contributed by atoms with Crippen LogP contribution in [0.5, 0.6) is 0 Å². The topological polar surface area (TPSA) is 46.0 Å². The average Bonchev–Trinajstić information content (AvgIpc) is 2.97. The predicted molar refractivity (Wildman–Crippen MR) is 71.1 cm³/mol. The first-order chi connectivity index (χ1) is 9.19. The number of fused-ring (bicyclic) bond motifs is 1. The van der Waals surface area contributed by atoms with E-state index in [0.29, 0.717) is 16.6 Å². The largest absolute Gasteiger partial charge is 0.326 e. The van der Waals surface area contributed by atoms with Gasteiger partial charge in [-0.3, -0.25) is 0 Å². The summed E-state index contributed by atoms with van der Waals surface area (Å²) in [6, 6.07) is 6.98. The number of nitriles is 1. The van der Waals surface area contributed by atoms with Crippen LogP contribution in [0, 0.1) is 17.1 Å². The first-order valence-electron chi connectivity index (χ1n) is 5.55. The Morgan fingerprint density at radius 1 is 1.37 bits per heavy atom. The lowest BCUT2D eigenvalue weighted by molar-refractivity contribution is 0.619. The first-order valence-corrected chi connectivity index (χ1v) is 6.35. The fraction of sp³-hybridized carbons (Fsp3) is 0.0769. The zero-order valence-corrected chi connectivity index (χ0v) is 11.3. The van der Waals surface area contributed by atoms with Gasteiger partial charge in [0, 0.05) is 18.9 Å². The van der Waals surface area contributed by atoms with Crippen molar-refractivity contribution in [2.24, 2.45) is 0 Å². The van der Waals surface area contributed by atoms with Gasteiger partial charge in [-0.05, 0) is 33.6 Å². The Morgan fingerprint density at radius 2 is 2.21 bits per heavy atom. The smallest absolute Gasteiger partial charge is 0.154 e. The molecule has 3 rings (SSSR count). The average molecular weight is 319 g/mol. The fourth-order valence-corrected chi connectivity index (χ4v) is 2.43. The number of halogens is 2. The van der Waals surface area contributed by atoms with Crippen LogP contribution < -0.4 is 0 Å². The second-order valence-electron chi connectivity index (χ2n) is 4.11. The number of benzene rings is 1. The van der Waals surface area contributed by atoms with Gasteiger partial charge in [-0.2, -0.15) is 10.4 Å². The Bertz CT molecular complexity index is 797. The van der Waals surface area contributed by atoms with Crippen molar-refractivity contribution in [1.82, 2.24) is 14.2 Å². The minimum absolute atomic E-state index is 0.288. The molecule has 2 aromatic heterocycles. The zero-order valence-electron chi connectivity index (χ0n) is 9.72. The van der Waals surface area contributed by atoms with Crippen LogP contribution in [-0.2, 0) is 6.54 Å². The third-order valence-corrected chi connectivity index (χ3v) is 3.49. The van der Waals surface area contributed by atoms with Gasteiger partial charge < -0.3 is 4.57 Å². The molecule has 0 radical (unpaired) electrons. The quantitative estimate of drug-likeness (QED) is 0.729. The molecule has 0 fully saturated rings. The van der Waals surface area contributed by atoms with Gasteiger partial charge in [0.05, 0.1) is 10.7 Å². The molecule has 94 valence electrons. The molecule has 2 heterocycles. The van der Waals surface area contributed by atoms with Gasteiger partial charge in [-0.25, -0.2) is 8.91 Å². The SMILES string of the molecule is N#Cc1cnn2ccn(Cc3ccc(F)c(Br)c3)c12. The predicted octanol–water partition coefficient (Wildman–Crippen LogP) is 2.96. The van der Waals surface area contributed by atoms with Crippen LogP contribution in [0.1, 0.15) is 11.1 Å². The molecule has 0 saturated carbocycles. The van der Waals surface area contributed by atoms with E-state index in [2.05, 4.69) is 27.1 Å². The second kappa shape index (κ2) is 4.52. The van der Waals surface area contributed by atoms with Crippen LogP contribution in [0.25, 0.3) is 5.65 Å². The molecule has 0 N–H and O–H groups in total. The van der Waals surface area contributed by atoms with Crippen molar-refractivity contribution in [2.75, 3.05) is 0 Å². The minimum atomic E-state index is -0.288. The standard InChI is InChI=1S/C13H8BrFN4/c14-11-5-9(1-2-12(11)15)8-18-3-4-19-13(18)10(6-16)7-17-19/h1-5,7H,8H2. The highest BCUT2D eigenvalue weighted by molar-refractivity contribution is 9.10. The van der Waals surface area contributed by atoms with Crippen LogP contribution in [0.4, 0.5) is 4.39 Å². The Kier molecular flexibility index (Phi) is 2.84. The van der Waals surface area contributed by atoms with E-state index in [1.54, 1.807) is 22.8 Å². The number of rotatable bonds is 2. The first kappa shape index (κ1) is 11.9. The molecule has 1 aromatic carbocycles. The summed E-state index contributed by atoms with van der Waals surface area (Å²) in [5.41, 5.74) is 2.20. The molecule has 19 heavy (non-hydrogen) atoms. The summed E-state index contributed by atoms with van der Waals surface area (Å²) in [5, 5.41) is 13.1. The molecule has 0 unspecified atom stereocenters. The van der Waals surface area contributed by atoms with Gasteiger partial charge in [0.1, 0.15) is 17.4 Å². The molecule has 0 aliphatic carbocycles. The van der Waals surface area contributed by atoms with E-state index < -0.39 is 0 Å². The van der Waals surface area contributed by atoms with Crippen LogP contribution in [0.15, 0.2) is 41.3 Å². The maximum absolute atomic E-state index is 13.2. The molecule has 6 heteroatoms. The number of hydrogen-bond donors (Lipinski definition) is 0. The molecule has 0 amide bonds. The Hall–Kier alpha value is -2.13. The van der Waals surface area contributed by atoms with Crippen molar-refractivity contribution in [3.05, 3.63) is 58.2 Å². The number of imidazole rings is 1. The lowest BCUT2D eigenvalue weighted by Gasteiger charge is -2.05. The van der Waals surface area contributed by atoms with Crippen LogP contribution >= 0.6 is 15.9 Å². The highest BCUT2D eigenvalue weighted by Crippen LogP contribution is 2.19. The maximum Gasteiger partial charge on any atom is 0.154 e. The van der Waals surface area contributed by atoms with E-state index in [0.717, 1.165) is 11.2 Å². The zero-order chi connectivity index (χ0) is 13.4. The number of aromatic nitrogens is 3. The van der Waals surface area contributed by atoms with Crippen LogP contribution in [-0.4, -0.2) is 14.2 Å². The van der Waals surface area contributed by atoms with Gasteiger partial charge in [0.25, 0.3) is 0 Å². The maximum atomic E-state index is 13.2. The number of nitrogens with zero attached hydrogens (tertiary/aromatic N) is 4. The summed E-state index contributed by atoms with van der Waals surface area (Å²) in [6.07, 6.45) is 5.17.